The van der Waals surface area contributed by atoms with Crippen LogP contribution in [0, 0.1) is 5.92 Å². The Bertz CT molecular complexity index is 829. The number of benzene rings is 1. The highest BCUT2D eigenvalue weighted by molar-refractivity contribution is 5.90. The zero-order chi connectivity index (χ0) is 18.6. The van der Waals surface area contributed by atoms with Gasteiger partial charge in [-0.1, -0.05) is 24.3 Å². The zero-order valence-corrected chi connectivity index (χ0v) is 14.7. The maximum atomic E-state index is 12.1. The summed E-state index contributed by atoms with van der Waals surface area (Å²) in [4.78, 5) is 32.0. The first-order valence-corrected chi connectivity index (χ1v) is 9.03. The molecule has 2 fully saturated rings. The SMILES string of the molecule is O=C1N[C@H]2OCCC[C@H]2[C@H](c2cccc(CNC(=O)c3ncccn3)c2)N1. The largest absolute Gasteiger partial charge is 0.358 e. The molecule has 0 radical (unpaired) electrons. The average molecular weight is 367 g/mol. The summed E-state index contributed by atoms with van der Waals surface area (Å²) < 4.78 is 5.72. The predicted molar refractivity (Wildman–Crippen MR) is 96.5 cm³/mol. The van der Waals surface area contributed by atoms with Gasteiger partial charge in [-0.3, -0.25) is 4.79 Å². The molecule has 3 atom stereocenters. The number of rotatable bonds is 4. The summed E-state index contributed by atoms with van der Waals surface area (Å²) in [5.74, 6) is -0.00241. The number of carbonyl (C=O) groups is 2. The summed E-state index contributed by atoms with van der Waals surface area (Å²) >= 11 is 0. The molecule has 2 aliphatic rings. The Balaban J connectivity index is 1.47. The van der Waals surface area contributed by atoms with Crippen molar-refractivity contribution in [3.05, 3.63) is 59.7 Å². The van der Waals surface area contributed by atoms with Crippen molar-refractivity contribution in [3.63, 3.8) is 0 Å². The number of nitrogens with zero attached hydrogens (tertiary/aromatic N) is 2. The topological polar surface area (TPSA) is 105 Å². The standard InChI is InChI=1S/C19H21N5O3/c25-17(16-20-7-3-8-21-16)22-11-12-4-1-5-13(10-12)15-14-6-2-9-27-18(14)24-19(26)23-15/h1,3-5,7-8,10,14-15,18H,2,6,9,11H2,(H,22,25)(H2,23,24,26)/t14-,15-,18-/m0/s1. The molecule has 0 bridgehead atoms. The van der Waals surface area contributed by atoms with Crippen molar-refractivity contribution < 1.29 is 14.3 Å². The summed E-state index contributed by atoms with van der Waals surface area (Å²) in [5, 5.41) is 8.68. The van der Waals surface area contributed by atoms with E-state index >= 15 is 0 Å². The monoisotopic (exact) mass is 367 g/mol. The lowest BCUT2D eigenvalue weighted by Crippen LogP contribution is -2.58. The van der Waals surface area contributed by atoms with Crippen LogP contribution in [0.2, 0.25) is 0 Å². The van der Waals surface area contributed by atoms with Crippen LogP contribution in [-0.4, -0.2) is 34.7 Å². The van der Waals surface area contributed by atoms with E-state index < -0.39 is 0 Å². The third-order valence-electron chi connectivity index (χ3n) is 4.89. The van der Waals surface area contributed by atoms with E-state index in [1.54, 1.807) is 6.07 Å². The van der Waals surface area contributed by atoms with E-state index in [-0.39, 0.29) is 36.0 Å². The number of ether oxygens (including phenoxy) is 1. The average Bonchev–Trinajstić information content (AvgIpc) is 2.72. The van der Waals surface area contributed by atoms with Gasteiger partial charge >= 0.3 is 6.03 Å². The van der Waals surface area contributed by atoms with Gasteiger partial charge < -0.3 is 20.7 Å². The molecule has 8 heteroatoms. The van der Waals surface area contributed by atoms with Gasteiger partial charge in [-0.25, -0.2) is 14.8 Å². The molecule has 4 rings (SSSR count). The normalized spacial score (nSPS) is 24.3. The number of nitrogens with one attached hydrogen (secondary N) is 3. The molecule has 3 heterocycles. The van der Waals surface area contributed by atoms with Crippen LogP contribution in [0.25, 0.3) is 0 Å². The van der Waals surface area contributed by atoms with Gasteiger partial charge in [-0.05, 0) is 30.0 Å². The Labute approximate surface area is 156 Å². The molecule has 3 amide bonds. The number of aromatic nitrogens is 2. The number of hydrogen-bond acceptors (Lipinski definition) is 5. The lowest BCUT2D eigenvalue weighted by Gasteiger charge is -2.42. The summed E-state index contributed by atoms with van der Waals surface area (Å²) in [6.07, 6.45) is 4.77. The van der Waals surface area contributed by atoms with E-state index in [0.717, 1.165) is 24.0 Å². The fraction of sp³-hybridized carbons (Fsp3) is 0.368. The molecule has 1 aromatic heterocycles. The molecule has 27 heavy (non-hydrogen) atoms. The van der Waals surface area contributed by atoms with Crippen LogP contribution in [0.4, 0.5) is 4.79 Å². The maximum absolute atomic E-state index is 12.1. The molecule has 0 saturated carbocycles. The quantitative estimate of drug-likeness (QED) is 0.760. The second-order valence-electron chi connectivity index (χ2n) is 6.69. The Morgan fingerprint density at radius 3 is 2.93 bits per heavy atom. The summed E-state index contributed by atoms with van der Waals surface area (Å²) in [6.45, 7) is 1.02. The van der Waals surface area contributed by atoms with Crippen LogP contribution < -0.4 is 16.0 Å². The summed E-state index contributed by atoms with van der Waals surface area (Å²) in [5.41, 5.74) is 1.95. The van der Waals surface area contributed by atoms with Crippen molar-refractivity contribution in [2.24, 2.45) is 5.92 Å². The number of amides is 3. The summed E-state index contributed by atoms with van der Waals surface area (Å²) in [7, 11) is 0. The number of urea groups is 1. The molecule has 0 unspecified atom stereocenters. The van der Waals surface area contributed by atoms with Crippen LogP contribution in [0.15, 0.2) is 42.7 Å². The minimum atomic E-state index is -0.322. The lowest BCUT2D eigenvalue weighted by atomic mass is 9.85. The Morgan fingerprint density at radius 1 is 1.22 bits per heavy atom. The van der Waals surface area contributed by atoms with Crippen molar-refractivity contribution in [2.45, 2.75) is 31.7 Å². The minimum Gasteiger partial charge on any atom is -0.358 e. The lowest BCUT2D eigenvalue weighted by molar-refractivity contribution is -0.0602. The van der Waals surface area contributed by atoms with Crippen LogP contribution in [0.3, 0.4) is 0 Å². The molecule has 0 aliphatic carbocycles. The molecule has 8 nitrogen and oxygen atoms in total. The third kappa shape index (κ3) is 3.90. The summed E-state index contributed by atoms with van der Waals surface area (Å²) in [6, 6.07) is 9.20. The van der Waals surface area contributed by atoms with E-state index in [0.29, 0.717) is 13.2 Å². The van der Waals surface area contributed by atoms with Crippen molar-refractivity contribution in [1.29, 1.82) is 0 Å². The third-order valence-corrected chi connectivity index (χ3v) is 4.89. The number of carbonyl (C=O) groups excluding carboxylic acids is 2. The van der Waals surface area contributed by atoms with Gasteiger partial charge in [0.25, 0.3) is 5.91 Å². The minimum absolute atomic E-state index is 0.114. The Morgan fingerprint density at radius 2 is 2.07 bits per heavy atom. The Hall–Kier alpha value is -3.00. The van der Waals surface area contributed by atoms with Gasteiger partial charge in [0.1, 0.15) is 6.23 Å². The van der Waals surface area contributed by atoms with Crippen LogP contribution in [0.1, 0.15) is 40.6 Å². The van der Waals surface area contributed by atoms with Gasteiger partial charge in [0, 0.05) is 31.5 Å². The first-order valence-electron chi connectivity index (χ1n) is 9.03. The van der Waals surface area contributed by atoms with Gasteiger partial charge in [-0.2, -0.15) is 0 Å². The highest BCUT2D eigenvalue weighted by Gasteiger charge is 2.39. The van der Waals surface area contributed by atoms with E-state index in [9.17, 15) is 9.59 Å². The molecule has 2 aromatic rings. The Kier molecular flexibility index (Phi) is 4.97. The zero-order valence-electron chi connectivity index (χ0n) is 14.7. The van der Waals surface area contributed by atoms with E-state index in [1.807, 2.05) is 24.3 Å². The first kappa shape index (κ1) is 17.4. The molecular formula is C19H21N5O3. The molecule has 2 aliphatic heterocycles. The molecule has 3 N–H and O–H groups in total. The smallest absolute Gasteiger partial charge is 0.317 e. The molecule has 140 valence electrons. The molecule has 2 saturated heterocycles. The van der Waals surface area contributed by atoms with Crippen molar-refractivity contribution in [3.8, 4) is 0 Å². The molecular weight excluding hydrogens is 346 g/mol. The fourth-order valence-electron chi connectivity index (χ4n) is 3.62. The second kappa shape index (κ2) is 7.71. The highest BCUT2D eigenvalue weighted by Crippen LogP contribution is 2.34. The van der Waals surface area contributed by atoms with Crippen LogP contribution >= 0.6 is 0 Å². The molecule has 1 aromatic carbocycles. The first-order chi connectivity index (χ1) is 13.2. The van der Waals surface area contributed by atoms with Crippen molar-refractivity contribution in [2.75, 3.05) is 6.61 Å². The van der Waals surface area contributed by atoms with Gasteiger partial charge in [-0.15, -0.1) is 0 Å². The fourth-order valence-corrected chi connectivity index (χ4v) is 3.62. The molecule has 0 spiro atoms. The van der Waals surface area contributed by atoms with Crippen molar-refractivity contribution in [1.82, 2.24) is 25.9 Å². The van der Waals surface area contributed by atoms with Gasteiger partial charge in [0.05, 0.1) is 6.04 Å². The highest BCUT2D eigenvalue weighted by atomic mass is 16.5. The number of fused-ring (bicyclic) bond motifs is 1. The van der Waals surface area contributed by atoms with E-state index in [4.69, 9.17) is 4.74 Å². The van der Waals surface area contributed by atoms with E-state index in [1.165, 1.54) is 12.4 Å². The van der Waals surface area contributed by atoms with Crippen LogP contribution in [0.5, 0.6) is 0 Å². The maximum Gasteiger partial charge on any atom is 0.317 e. The second-order valence-corrected chi connectivity index (χ2v) is 6.69. The van der Waals surface area contributed by atoms with E-state index in [2.05, 4.69) is 25.9 Å². The van der Waals surface area contributed by atoms with Crippen molar-refractivity contribution >= 4 is 11.9 Å². The predicted octanol–water partition coefficient (Wildman–Crippen LogP) is 1.51. The van der Waals surface area contributed by atoms with Gasteiger partial charge in [0.15, 0.2) is 0 Å². The number of hydrogen-bond donors (Lipinski definition) is 3. The van der Waals surface area contributed by atoms with Gasteiger partial charge in [0.2, 0.25) is 5.82 Å². The van der Waals surface area contributed by atoms with Crippen LogP contribution in [-0.2, 0) is 11.3 Å².